The van der Waals surface area contributed by atoms with E-state index in [1.807, 2.05) is 7.05 Å². The van der Waals surface area contributed by atoms with E-state index in [1.165, 1.54) is 31.7 Å². The van der Waals surface area contributed by atoms with E-state index < -0.39 is 25.1 Å². The number of aliphatic hydroxyl groups is 1. The molecule has 3 unspecified atom stereocenters. The van der Waals surface area contributed by atoms with Crippen LogP contribution in [0.15, 0.2) is 30.5 Å². The predicted molar refractivity (Wildman–Crippen MR) is 120 cm³/mol. The van der Waals surface area contributed by atoms with Gasteiger partial charge in [-0.05, 0) is 31.5 Å². The molecule has 9 heteroatoms. The van der Waals surface area contributed by atoms with Crippen molar-refractivity contribution in [3.8, 4) is 5.75 Å². The number of carbonyl (C=O) groups is 1. The second-order valence-corrected chi connectivity index (χ2v) is 8.57. The predicted octanol–water partition coefficient (Wildman–Crippen LogP) is 1.03. The Balaban J connectivity index is 0.000000610. The maximum atomic E-state index is 11.3. The molecule has 2 fully saturated rings. The van der Waals surface area contributed by atoms with Gasteiger partial charge in [-0.2, -0.15) is 0 Å². The summed E-state index contributed by atoms with van der Waals surface area (Å²) in [6.07, 6.45) is 6.86. The molecule has 2 heterocycles. The number of rotatable bonds is 6. The topological polar surface area (TPSA) is 114 Å². The summed E-state index contributed by atoms with van der Waals surface area (Å²) >= 11 is 0. The van der Waals surface area contributed by atoms with Crippen LogP contribution >= 0.6 is 0 Å². The smallest absolute Gasteiger partial charge is 0.534 e. The van der Waals surface area contributed by atoms with Crippen LogP contribution in [0.5, 0.6) is 5.75 Å². The van der Waals surface area contributed by atoms with Gasteiger partial charge in [-0.15, -0.1) is 0 Å². The van der Waals surface area contributed by atoms with E-state index in [4.69, 9.17) is 4.65 Å². The Hall–Kier alpha value is -2.07. The van der Waals surface area contributed by atoms with Crippen LogP contribution in [0.2, 0.25) is 0 Å². The summed E-state index contributed by atoms with van der Waals surface area (Å²) in [5.74, 6) is -1.29. The molecule has 0 bridgehead atoms. The highest BCUT2D eigenvalue weighted by atomic mass is 16.5. The van der Waals surface area contributed by atoms with Gasteiger partial charge in [0.25, 0.3) is 0 Å². The molecule has 3 atom stereocenters. The average Bonchev–Trinajstić information content (AvgIpc) is 2.67. The van der Waals surface area contributed by atoms with E-state index >= 15 is 0 Å². The first-order valence-electron chi connectivity index (χ1n) is 11.1. The fourth-order valence-corrected chi connectivity index (χ4v) is 4.02. The van der Waals surface area contributed by atoms with Crippen molar-refractivity contribution in [2.45, 2.75) is 56.6 Å². The number of likely N-dealkylation sites (tertiary alicyclic amines) is 1. The molecule has 0 spiro atoms. The van der Waals surface area contributed by atoms with Crippen LogP contribution in [0, 0.1) is 0 Å². The van der Waals surface area contributed by atoms with E-state index in [2.05, 4.69) is 22.1 Å². The van der Waals surface area contributed by atoms with Crippen molar-refractivity contribution in [3.05, 3.63) is 41.6 Å². The normalized spacial score (nSPS) is 25.3. The second-order valence-electron chi connectivity index (χ2n) is 8.57. The monoisotopic (exact) mass is 431 g/mol. The molecular weight excluding hydrogens is 397 g/mol. The van der Waals surface area contributed by atoms with Gasteiger partial charge >= 0.3 is 13.1 Å². The summed E-state index contributed by atoms with van der Waals surface area (Å²) in [6, 6.07) is 5.03. The van der Waals surface area contributed by atoms with E-state index in [1.54, 1.807) is 12.1 Å². The van der Waals surface area contributed by atoms with Gasteiger partial charge < -0.3 is 30.5 Å². The van der Waals surface area contributed by atoms with E-state index in [9.17, 15) is 20.0 Å². The summed E-state index contributed by atoms with van der Waals surface area (Å²) in [4.78, 5) is 13.4. The number of hydrogen-bond donors (Lipinski definition) is 5. The van der Waals surface area contributed by atoms with Crippen molar-refractivity contribution in [1.82, 2.24) is 15.5 Å². The zero-order valence-corrected chi connectivity index (χ0v) is 18.2. The first kappa shape index (κ1) is 23.6. The standard InChI is InChI=1S/C18H26BN3O5.C4H8/c1-11(9-22-7-6-14(20-2)15(23)10-22)21-16-8-12-4-3-5-13(18(24)25)17(12)27-19(16)26;1-2-4-3-1/h3-5,14-16,20-21,23,26H,1,6-10H2,2H3,(H,24,25);1-4H2. The maximum absolute atomic E-state index is 11.3. The molecule has 4 rings (SSSR count). The van der Waals surface area contributed by atoms with Crippen LogP contribution in [-0.4, -0.2) is 78.0 Å². The Morgan fingerprint density at radius 1 is 1.32 bits per heavy atom. The van der Waals surface area contributed by atoms with Crippen molar-refractivity contribution in [2.75, 3.05) is 26.7 Å². The quantitative estimate of drug-likeness (QED) is 0.425. The molecule has 8 nitrogen and oxygen atoms in total. The molecule has 1 aromatic carbocycles. The maximum Gasteiger partial charge on any atom is 0.546 e. The molecule has 1 saturated heterocycles. The Morgan fingerprint density at radius 3 is 2.61 bits per heavy atom. The molecule has 1 aliphatic carbocycles. The number of para-hydroxylation sites is 1. The van der Waals surface area contributed by atoms with Crippen molar-refractivity contribution >= 4 is 13.1 Å². The molecule has 0 radical (unpaired) electrons. The molecule has 2 aliphatic heterocycles. The van der Waals surface area contributed by atoms with Crippen LogP contribution < -0.4 is 15.3 Å². The van der Waals surface area contributed by atoms with E-state index in [-0.39, 0.29) is 17.4 Å². The van der Waals surface area contributed by atoms with Crippen LogP contribution in [0.25, 0.3) is 0 Å². The Labute approximate surface area is 184 Å². The van der Waals surface area contributed by atoms with Crippen LogP contribution in [0.4, 0.5) is 0 Å². The first-order valence-corrected chi connectivity index (χ1v) is 11.1. The number of aromatic carboxylic acids is 1. The van der Waals surface area contributed by atoms with Gasteiger partial charge in [0.05, 0.1) is 17.6 Å². The van der Waals surface area contributed by atoms with Crippen molar-refractivity contribution in [2.24, 2.45) is 0 Å². The lowest BCUT2D eigenvalue weighted by molar-refractivity contribution is 0.0467. The molecule has 5 N–H and O–H groups in total. The molecule has 1 saturated carbocycles. The number of carboxylic acids is 1. The molecule has 0 aromatic heterocycles. The lowest BCUT2D eigenvalue weighted by atomic mass is 9.72. The third-order valence-electron chi connectivity index (χ3n) is 6.19. The molecule has 3 aliphatic rings. The van der Waals surface area contributed by atoms with Crippen molar-refractivity contribution in [1.29, 1.82) is 0 Å². The minimum Gasteiger partial charge on any atom is -0.534 e. The number of benzene rings is 1. The number of piperidine rings is 1. The number of aliphatic hydroxyl groups excluding tert-OH is 1. The Morgan fingerprint density at radius 2 is 2.03 bits per heavy atom. The number of nitrogens with zero attached hydrogens (tertiary/aromatic N) is 1. The summed E-state index contributed by atoms with van der Waals surface area (Å²) in [7, 11) is 0.678. The lowest BCUT2D eigenvalue weighted by Crippen LogP contribution is -2.54. The Bertz CT molecular complexity index is 770. The van der Waals surface area contributed by atoms with Gasteiger partial charge in [-0.3, -0.25) is 4.90 Å². The first-order chi connectivity index (χ1) is 14.9. The largest absolute Gasteiger partial charge is 0.546 e. The van der Waals surface area contributed by atoms with Gasteiger partial charge in [0.15, 0.2) is 0 Å². The molecule has 1 aromatic rings. The third kappa shape index (κ3) is 6.23. The van der Waals surface area contributed by atoms with E-state index in [0.717, 1.165) is 24.2 Å². The third-order valence-corrected chi connectivity index (χ3v) is 6.19. The summed E-state index contributed by atoms with van der Waals surface area (Å²) in [6.45, 7) is 5.99. The lowest BCUT2D eigenvalue weighted by Gasteiger charge is -2.37. The minimum atomic E-state index is -1.17. The molecule has 31 heavy (non-hydrogen) atoms. The average molecular weight is 431 g/mol. The second kappa shape index (κ2) is 11.0. The van der Waals surface area contributed by atoms with Gasteiger partial charge in [-0.25, -0.2) is 4.79 Å². The zero-order valence-electron chi connectivity index (χ0n) is 18.2. The number of hydrogen-bond acceptors (Lipinski definition) is 7. The van der Waals surface area contributed by atoms with Crippen LogP contribution in [-0.2, 0) is 6.42 Å². The summed E-state index contributed by atoms with van der Waals surface area (Å²) in [5.41, 5.74) is 1.50. The zero-order chi connectivity index (χ0) is 22.4. The van der Waals surface area contributed by atoms with Crippen molar-refractivity contribution in [3.63, 3.8) is 0 Å². The highest BCUT2D eigenvalue weighted by Crippen LogP contribution is 2.30. The number of carboxylic acid groups (broad SMARTS) is 1. The molecule has 170 valence electrons. The molecular formula is C22H34BN3O5. The van der Waals surface area contributed by atoms with Gasteiger partial charge in [0, 0.05) is 31.4 Å². The minimum absolute atomic E-state index is 0.0465. The van der Waals surface area contributed by atoms with Gasteiger partial charge in [0.2, 0.25) is 0 Å². The van der Waals surface area contributed by atoms with Gasteiger partial charge in [0.1, 0.15) is 5.75 Å². The number of β-amino-alcohol motifs (C(OH)–C–C–N with tert-alkyl or cyclic N) is 1. The van der Waals surface area contributed by atoms with Crippen molar-refractivity contribution < 1.29 is 24.7 Å². The summed E-state index contributed by atoms with van der Waals surface area (Å²) in [5, 5.41) is 36.0. The fraction of sp³-hybridized carbons (Fsp3) is 0.591. The fourth-order valence-electron chi connectivity index (χ4n) is 4.02. The number of nitrogens with one attached hydrogen (secondary N) is 2. The summed E-state index contributed by atoms with van der Waals surface area (Å²) < 4.78 is 5.48. The Kier molecular flexibility index (Phi) is 8.37. The van der Waals surface area contributed by atoms with E-state index in [0.29, 0.717) is 19.5 Å². The van der Waals surface area contributed by atoms with Crippen LogP contribution in [0.3, 0.4) is 0 Å². The molecule has 0 amide bonds. The van der Waals surface area contributed by atoms with Gasteiger partial charge in [-0.1, -0.05) is 44.4 Å². The number of fused-ring (bicyclic) bond motifs is 1. The van der Waals surface area contributed by atoms with Crippen LogP contribution in [0.1, 0.15) is 48.0 Å². The highest BCUT2D eigenvalue weighted by Gasteiger charge is 2.37. The number of likely N-dealkylation sites (N-methyl/N-ethyl adjacent to an activating group) is 1. The highest BCUT2D eigenvalue weighted by molar-refractivity contribution is 6.46. The SMILES string of the molecule is C1CCC1.C=C(CN1CCC(NC)C(O)C1)NC1Cc2cccc(C(=O)O)c2OB1O.